The number of benzene rings is 1. The molecule has 1 aliphatic rings. The Balaban J connectivity index is 1.97. The highest BCUT2D eigenvalue weighted by Crippen LogP contribution is 2.28. The van der Waals surface area contributed by atoms with Gasteiger partial charge in [-0.15, -0.1) is 0 Å². The normalized spacial score (nSPS) is 15.6. The Labute approximate surface area is 156 Å². The maximum absolute atomic E-state index is 12.6. The Bertz CT molecular complexity index is 654. The molecule has 1 aromatic carbocycles. The second-order valence-corrected chi connectivity index (χ2v) is 7.85. The van der Waals surface area contributed by atoms with Gasteiger partial charge in [0.15, 0.2) is 5.78 Å². The molecule has 0 radical (unpaired) electrons. The first kappa shape index (κ1) is 20.1. The van der Waals surface area contributed by atoms with Gasteiger partial charge < -0.3 is 10.2 Å². The number of anilines is 1. The molecule has 2 amide bonds. The van der Waals surface area contributed by atoms with Crippen molar-refractivity contribution >= 4 is 23.3 Å². The molecule has 0 saturated heterocycles. The summed E-state index contributed by atoms with van der Waals surface area (Å²) in [7, 11) is 1.76. The van der Waals surface area contributed by atoms with Gasteiger partial charge in [0.2, 0.25) is 0 Å². The molecule has 1 fully saturated rings. The van der Waals surface area contributed by atoms with Crippen LogP contribution < -0.4 is 5.32 Å². The first-order valence-electron chi connectivity index (χ1n) is 9.45. The molecule has 0 aromatic heterocycles. The zero-order valence-electron chi connectivity index (χ0n) is 16.3. The minimum absolute atomic E-state index is 0.100. The van der Waals surface area contributed by atoms with Crippen molar-refractivity contribution in [1.82, 2.24) is 4.90 Å². The Kier molecular flexibility index (Phi) is 6.57. The summed E-state index contributed by atoms with van der Waals surface area (Å²) in [5, 5.41) is 2.87. The summed E-state index contributed by atoms with van der Waals surface area (Å²) < 4.78 is 0. The minimum Gasteiger partial charge on any atom is -0.325 e. The molecule has 1 saturated carbocycles. The van der Waals surface area contributed by atoms with Crippen LogP contribution in [0.25, 0.3) is 0 Å². The number of rotatable bonds is 6. The van der Waals surface area contributed by atoms with Gasteiger partial charge in [0.05, 0.1) is 0 Å². The average molecular weight is 358 g/mol. The Hall–Kier alpha value is -2.17. The second kappa shape index (κ2) is 8.47. The molecule has 2 rings (SSSR count). The highest BCUT2D eigenvalue weighted by molar-refractivity contribution is 6.00. The summed E-state index contributed by atoms with van der Waals surface area (Å²) in [4.78, 5) is 38.0. The molecule has 0 unspecified atom stereocenters. The number of carbonyl (C=O) groups excluding carboxylic acids is 3. The van der Waals surface area contributed by atoms with Crippen LogP contribution in [0.1, 0.15) is 69.7 Å². The standard InChI is InChI=1S/C21H30N2O3/c1-5-14-21(2,3)19(25)15-6-8-16(9-7-15)22-20(26)23(4)17-10-12-18(24)13-11-17/h6-9,17H,5,10-14H2,1-4H3,(H,22,26). The van der Waals surface area contributed by atoms with Gasteiger partial charge in [0.1, 0.15) is 5.78 Å². The highest BCUT2D eigenvalue weighted by atomic mass is 16.2. The number of nitrogens with zero attached hydrogens (tertiary/aromatic N) is 1. The van der Waals surface area contributed by atoms with Crippen molar-refractivity contribution in [2.75, 3.05) is 12.4 Å². The number of urea groups is 1. The van der Waals surface area contributed by atoms with Crippen LogP contribution in [0.5, 0.6) is 0 Å². The maximum atomic E-state index is 12.6. The molecule has 0 spiro atoms. The third-order valence-corrected chi connectivity index (χ3v) is 5.27. The maximum Gasteiger partial charge on any atom is 0.321 e. The lowest BCUT2D eigenvalue weighted by atomic mass is 9.80. The Morgan fingerprint density at radius 2 is 1.73 bits per heavy atom. The molecule has 0 atom stereocenters. The van der Waals surface area contributed by atoms with E-state index in [-0.39, 0.29) is 29.1 Å². The first-order chi connectivity index (χ1) is 12.2. The average Bonchev–Trinajstić information content (AvgIpc) is 2.61. The number of carbonyl (C=O) groups is 3. The largest absolute Gasteiger partial charge is 0.325 e. The Morgan fingerprint density at radius 1 is 1.15 bits per heavy atom. The molecule has 26 heavy (non-hydrogen) atoms. The van der Waals surface area contributed by atoms with Crippen LogP contribution in [-0.4, -0.2) is 35.6 Å². The highest BCUT2D eigenvalue weighted by Gasteiger charge is 2.28. The van der Waals surface area contributed by atoms with E-state index in [4.69, 9.17) is 0 Å². The third kappa shape index (κ3) is 4.93. The van der Waals surface area contributed by atoms with E-state index < -0.39 is 0 Å². The lowest BCUT2D eigenvalue weighted by Crippen LogP contribution is -2.41. The third-order valence-electron chi connectivity index (χ3n) is 5.27. The van der Waals surface area contributed by atoms with Crippen LogP contribution in [0, 0.1) is 5.41 Å². The van der Waals surface area contributed by atoms with E-state index in [0.29, 0.717) is 24.1 Å². The van der Waals surface area contributed by atoms with Crippen LogP contribution in [-0.2, 0) is 4.79 Å². The van der Waals surface area contributed by atoms with Crippen LogP contribution in [0.3, 0.4) is 0 Å². The summed E-state index contributed by atoms with van der Waals surface area (Å²) in [5.41, 5.74) is 0.956. The molecular formula is C21H30N2O3. The molecule has 5 heteroatoms. The monoisotopic (exact) mass is 358 g/mol. The van der Waals surface area contributed by atoms with E-state index in [2.05, 4.69) is 12.2 Å². The SMILES string of the molecule is CCCC(C)(C)C(=O)c1ccc(NC(=O)N(C)C2CCC(=O)CC2)cc1. The fourth-order valence-electron chi connectivity index (χ4n) is 3.52. The van der Waals surface area contributed by atoms with Crippen LogP contribution >= 0.6 is 0 Å². The van der Waals surface area contributed by atoms with Crippen molar-refractivity contribution in [2.24, 2.45) is 5.41 Å². The number of hydrogen-bond acceptors (Lipinski definition) is 3. The molecular weight excluding hydrogens is 328 g/mol. The van der Waals surface area contributed by atoms with Gasteiger partial charge in [-0.1, -0.05) is 27.2 Å². The van der Waals surface area contributed by atoms with Crippen molar-refractivity contribution in [1.29, 1.82) is 0 Å². The fourth-order valence-corrected chi connectivity index (χ4v) is 3.52. The van der Waals surface area contributed by atoms with Gasteiger partial charge in [-0.3, -0.25) is 9.59 Å². The van der Waals surface area contributed by atoms with E-state index >= 15 is 0 Å². The number of hydrogen-bond donors (Lipinski definition) is 1. The van der Waals surface area contributed by atoms with Crippen molar-refractivity contribution in [3.05, 3.63) is 29.8 Å². The zero-order chi connectivity index (χ0) is 19.3. The molecule has 5 nitrogen and oxygen atoms in total. The second-order valence-electron chi connectivity index (χ2n) is 7.85. The smallest absolute Gasteiger partial charge is 0.321 e. The topological polar surface area (TPSA) is 66.5 Å². The molecule has 1 aromatic rings. The van der Waals surface area contributed by atoms with Crippen molar-refractivity contribution in [3.63, 3.8) is 0 Å². The lowest BCUT2D eigenvalue weighted by molar-refractivity contribution is -0.121. The van der Waals surface area contributed by atoms with Crippen molar-refractivity contribution < 1.29 is 14.4 Å². The summed E-state index contributed by atoms with van der Waals surface area (Å²) in [6.07, 6.45) is 4.36. The number of amides is 2. The minimum atomic E-state index is -0.377. The van der Waals surface area contributed by atoms with Crippen LogP contribution in [0.2, 0.25) is 0 Å². The zero-order valence-corrected chi connectivity index (χ0v) is 16.3. The number of nitrogens with one attached hydrogen (secondary N) is 1. The molecule has 142 valence electrons. The predicted octanol–water partition coefficient (Wildman–Crippen LogP) is 4.67. The molecule has 1 aliphatic carbocycles. The summed E-state index contributed by atoms with van der Waals surface area (Å²) in [5.74, 6) is 0.405. The van der Waals surface area contributed by atoms with E-state index in [0.717, 1.165) is 25.7 Å². The summed E-state index contributed by atoms with van der Waals surface area (Å²) in [6.45, 7) is 6.02. The first-order valence-corrected chi connectivity index (χ1v) is 9.45. The van der Waals surface area contributed by atoms with E-state index in [1.807, 2.05) is 13.8 Å². The quantitative estimate of drug-likeness (QED) is 0.751. The van der Waals surface area contributed by atoms with Gasteiger partial charge in [0, 0.05) is 42.6 Å². The summed E-state index contributed by atoms with van der Waals surface area (Å²) >= 11 is 0. The van der Waals surface area contributed by atoms with Gasteiger partial charge >= 0.3 is 6.03 Å². The van der Waals surface area contributed by atoms with Crippen LogP contribution in [0.15, 0.2) is 24.3 Å². The fraction of sp³-hybridized carbons (Fsp3) is 0.571. The molecule has 0 heterocycles. The number of Topliss-reactive ketones (excluding diaryl/α,β-unsaturated/α-hetero) is 2. The van der Waals surface area contributed by atoms with Crippen molar-refractivity contribution in [3.8, 4) is 0 Å². The molecule has 1 N–H and O–H groups in total. The van der Waals surface area contributed by atoms with E-state index in [1.165, 1.54) is 0 Å². The van der Waals surface area contributed by atoms with Gasteiger partial charge in [-0.05, 0) is 43.5 Å². The van der Waals surface area contributed by atoms with E-state index in [9.17, 15) is 14.4 Å². The predicted molar refractivity (Wildman–Crippen MR) is 104 cm³/mol. The molecule has 0 aliphatic heterocycles. The lowest BCUT2D eigenvalue weighted by Gasteiger charge is -2.30. The summed E-state index contributed by atoms with van der Waals surface area (Å²) in [6, 6.07) is 7.00. The van der Waals surface area contributed by atoms with E-state index in [1.54, 1.807) is 36.2 Å². The number of ketones is 2. The van der Waals surface area contributed by atoms with Gasteiger partial charge in [-0.25, -0.2) is 4.79 Å². The van der Waals surface area contributed by atoms with Crippen molar-refractivity contribution in [2.45, 2.75) is 65.3 Å². The van der Waals surface area contributed by atoms with Gasteiger partial charge in [-0.2, -0.15) is 0 Å². The van der Waals surface area contributed by atoms with Crippen LogP contribution in [0.4, 0.5) is 10.5 Å². The van der Waals surface area contributed by atoms with Gasteiger partial charge in [0.25, 0.3) is 0 Å². The Morgan fingerprint density at radius 3 is 2.27 bits per heavy atom. The molecule has 0 bridgehead atoms.